The minimum Gasteiger partial charge on any atom is -0.491 e. The van der Waals surface area contributed by atoms with E-state index in [9.17, 15) is 4.79 Å². The molecular weight excluding hydrogens is 242 g/mol. The van der Waals surface area contributed by atoms with Crippen molar-refractivity contribution < 1.29 is 14.3 Å². The summed E-state index contributed by atoms with van der Waals surface area (Å²) in [7, 11) is 0. The lowest BCUT2D eigenvalue weighted by molar-refractivity contribution is -0.117. The molecule has 1 aliphatic carbocycles. The maximum Gasteiger partial charge on any atom is 0.227 e. The summed E-state index contributed by atoms with van der Waals surface area (Å²) in [6.07, 6.45) is 4.48. The van der Waals surface area contributed by atoms with E-state index in [0.29, 0.717) is 6.61 Å². The Morgan fingerprint density at radius 2 is 2.05 bits per heavy atom. The SMILES string of the molecule is O=C(Nc1ccc(OC[C@@H]2CCCO2)cc1)C1CC1. The average Bonchev–Trinajstić information content (AvgIpc) is 3.16. The van der Waals surface area contributed by atoms with Crippen LogP contribution in [0, 0.1) is 5.92 Å². The van der Waals surface area contributed by atoms with Gasteiger partial charge < -0.3 is 14.8 Å². The molecule has 102 valence electrons. The van der Waals surface area contributed by atoms with Gasteiger partial charge in [-0.1, -0.05) is 0 Å². The molecule has 2 fully saturated rings. The molecule has 4 nitrogen and oxygen atoms in total. The topological polar surface area (TPSA) is 47.6 Å². The summed E-state index contributed by atoms with van der Waals surface area (Å²) >= 11 is 0. The number of hydrogen-bond donors (Lipinski definition) is 1. The molecule has 1 saturated heterocycles. The van der Waals surface area contributed by atoms with Crippen LogP contribution in [0.5, 0.6) is 5.75 Å². The number of hydrogen-bond acceptors (Lipinski definition) is 3. The number of carbonyl (C=O) groups is 1. The van der Waals surface area contributed by atoms with Crippen molar-refractivity contribution in [1.29, 1.82) is 0 Å². The summed E-state index contributed by atoms with van der Waals surface area (Å²) in [6, 6.07) is 7.53. The van der Waals surface area contributed by atoms with Crippen molar-refractivity contribution in [2.24, 2.45) is 5.92 Å². The fraction of sp³-hybridized carbons (Fsp3) is 0.533. The first-order chi connectivity index (χ1) is 9.31. The van der Waals surface area contributed by atoms with Gasteiger partial charge in [-0.3, -0.25) is 4.79 Å². The van der Waals surface area contributed by atoms with Crippen LogP contribution in [0.4, 0.5) is 5.69 Å². The van der Waals surface area contributed by atoms with Crippen molar-refractivity contribution in [2.45, 2.75) is 31.8 Å². The zero-order valence-electron chi connectivity index (χ0n) is 10.9. The first-order valence-electron chi connectivity index (χ1n) is 6.96. The molecule has 0 radical (unpaired) electrons. The molecule has 1 aromatic rings. The third kappa shape index (κ3) is 3.47. The molecule has 1 atom stereocenters. The Morgan fingerprint density at radius 1 is 1.26 bits per heavy atom. The molecule has 1 aromatic carbocycles. The second-order valence-electron chi connectivity index (χ2n) is 5.23. The molecule has 0 unspecified atom stereocenters. The van der Waals surface area contributed by atoms with Gasteiger partial charge in [0, 0.05) is 18.2 Å². The Balaban J connectivity index is 1.48. The van der Waals surface area contributed by atoms with Gasteiger partial charge in [-0.15, -0.1) is 0 Å². The van der Waals surface area contributed by atoms with E-state index in [-0.39, 0.29) is 17.9 Å². The van der Waals surface area contributed by atoms with Gasteiger partial charge in [0.05, 0.1) is 6.10 Å². The number of benzene rings is 1. The fourth-order valence-electron chi connectivity index (χ4n) is 2.19. The van der Waals surface area contributed by atoms with E-state index >= 15 is 0 Å². The van der Waals surface area contributed by atoms with Gasteiger partial charge in [-0.05, 0) is 49.9 Å². The van der Waals surface area contributed by atoms with Gasteiger partial charge in [-0.2, -0.15) is 0 Å². The molecule has 0 bridgehead atoms. The molecule has 4 heteroatoms. The van der Waals surface area contributed by atoms with Crippen molar-refractivity contribution in [1.82, 2.24) is 0 Å². The van der Waals surface area contributed by atoms with E-state index in [0.717, 1.165) is 43.7 Å². The zero-order valence-corrected chi connectivity index (χ0v) is 10.9. The Bertz CT molecular complexity index is 433. The highest BCUT2D eigenvalue weighted by Crippen LogP contribution is 2.30. The van der Waals surface area contributed by atoms with Crippen LogP contribution in [0.3, 0.4) is 0 Å². The van der Waals surface area contributed by atoms with Crippen LogP contribution < -0.4 is 10.1 Å². The Hall–Kier alpha value is -1.55. The lowest BCUT2D eigenvalue weighted by atomic mass is 10.2. The molecule has 1 aliphatic heterocycles. The summed E-state index contributed by atoms with van der Waals surface area (Å²) in [5.41, 5.74) is 0.835. The first-order valence-corrected chi connectivity index (χ1v) is 6.96. The lowest BCUT2D eigenvalue weighted by Crippen LogP contribution is -2.16. The van der Waals surface area contributed by atoms with Crippen LogP contribution >= 0.6 is 0 Å². The number of ether oxygens (including phenoxy) is 2. The van der Waals surface area contributed by atoms with Gasteiger partial charge in [0.2, 0.25) is 5.91 Å². The molecule has 1 heterocycles. The maximum atomic E-state index is 11.6. The first kappa shape index (κ1) is 12.5. The number of anilines is 1. The van der Waals surface area contributed by atoms with Crippen LogP contribution in [-0.2, 0) is 9.53 Å². The molecule has 3 rings (SSSR count). The Kier molecular flexibility index (Phi) is 3.69. The molecule has 0 aromatic heterocycles. The number of amides is 1. The summed E-state index contributed by atoms with van der Waals surface area (Å²) < 4.78 is 11.2. The average molecular weight is 261 g/mol. The minimum absolute atomic E-state index is 0.132. The van der Waals surface area contributed by atoms with Crippen molar-refractivity contribution in [3.63, 3.8) is 0 Å². The molecule has 1 amide bonds. The van der Waals surface area contributed by atoms with Gasteiger partial charge in [-0.25, -0.2) is 0 Å². The second kappa shape index (κ2) is 5.61. The monoisotopic (exact) mass is 261 g/mol. The number of rotatable bonds is 5. The van der Waals surface area contributed by atoms with Crippen LogP contribution in [0.2, 0.25) is 0 Å². The normalized spacial score (nSPS) is 22.2. The molecular formula is C15H19NO3. The van der Waals surface area contributed by atoms with E-state index in [1.807, 2.05) is 24.3 Å². The molecule has 2 aliphatic rings. The Morgan fingerprint density at radius 3 is 2.68 bits per heavy atom. The van der Waals surface area contributed by atoms with Gasteiger partial charge in [0.15, 0.2) is 0 Å². The standard InChI is InChI=1S/C15H19NO3/c17-15(11-3-4-11)16-12-5-7-13(8-6-12)19-10-14-2-1-9-18-14/h5-8,11,14H,1-4,9-10H2,(H,16,17)/t14-/m0/s1. The maximum absolute atomic E-state index is 11.6. The van der Waals surface area contributed by atoms with E-state index in [1.54, 1.807) is 0 Å². The smallest absolute Gasteiger partial charge is 0.227 e. The highest BCUT2D eigenvalue weighted by molar-refractivity contribution is 5.94. The minimum atomic E-state index is 0.132. The Labute approximate surface area is 113 Å². The van der Waals surface area contributed by atoms with Crippen molar-refractivity contribution >= 4 is 11.6 Å². The quantitative estimate of drug-likeness (QED) is 0.886. The zero-order chi connectivity index (χ0) is 13.1. The summed E-state index contributed by atoms with van der Waals surface area (Å²) in [6.45, 7) is 1.45. The highest BCUT2D eigenvalue weighted by atomic mass is 16.5. The predicted molar refractivity (Wildman–Crippen MR) is 72.3 cm³/mol. The second-order valence-corrected chi connectivity index (χ2v) is 5.23. The van der Waals surface area contributed by atoms with Crippen LogP contribution in [0.15, 0.2) is 24.3 Å². The number of carbonyl (C=O) groups excluding carboxylic acids is 1. The predicted octanol–water partition coefficient (Wildman–Crippen LogP) is 2.59. The van der Waals surface area contributed by atoms with Gasteiger partial charge in [0.1, 0.15) is 12.4 Å². The lowest BCUT2D eigenvalue weighted by Gasteiger charge is -2.12. The fourth-order valence-corrected chi connectivity index (χ4v) is 2.19. The van der Waals surface area contributed by atoms with E-state index < -0.39 is 0 Å². The largest absolute Gasteiger partial charge is 0.491 e. The van der Waals surface area contributed by atoms with Crippen LogP contribution in [0.1, 0.15) is 25.7 Å². The third-order valence-corrected chi connectivity index (χ3v) is 3.53. The molecule has 1 N–H and O–H groups in total. The third-order valence-electron chi connectivity index (χ3n) is 3.53. The van der Waals surface area contributed by atoms with Crippen LogP contribution in [0.25, 0.3) is 0 Å². The van der Waals surface area contributed by atoms with Crippen molar-refractivity contribution in [3.8, 4) is 5.75 Å². The van der Waals surface area contributed by atoms with Crippen molar-refractivity contribution in [3.05, 3.63) is 24.3 Å². The van der Waals surface area contributed by atoms with Crippen LogP contribution in [-0.4, -0.2) is 25.2 Å². The number of nitrogens with one attached hydrogen (secondary N) is 1. The summed E-state index contributed by atoms with van der Waals surface area (Å²) in [5.74, 6) is 1.18. The van der Waals surface area contributed by atoms with E-state index in [1.165, 1.54) is 0 Å². The summed E-state index contributed by atoms with van der Waals surface area (Å²) in [5, 5.41) is 2.91. The van der Waals surface area contributed by atoms with Gasteiger partial charge in [0.25, 0.3) is 0 Å². The van der Waals surface area contributed by atoms with Gasteiger partial charge >= 0.3 is 0 Å². The molecule has 0 spiro atoms. The highest BCUT2D eigenvalue weighted by Gasteiger charge is 2.29. The van der Waals surface area contributed by atoms with E-state index in [4.69, 9.17) is 9.47 Å². The van der Waals surface area contributed by atoms with E-state index in [2.05, 4.69) is 5.32 Å². The molecule has 19 heavy (non-hydrogen) atoms. The molecule has 1 saturated carbocycles. The summed E-state index contributed by atoms with van der Waals surface area (Å²) in [4.78, 5) is 11.6. The van der Waals surface area contributed by atoms with Crippen molar-refractivity contribution in [2.75, 3.05) is 18.5 Å².